The van der Waals surface area contributed by atoms with Gasteiger partial charge in [0.25, 0.3) is 0 Å². The van der Waals surface area contributed by atoms with Crippen molar-refractivity contribution in [2.75, 3.05) is 0 Å². The molecule has 1 aromatic rings. The van der Waals surface area contributed by atoms with Gasteiger partial charge in [0.05, 0.1) is 5.92 Å². The standard InChI is InChI=1S/C18H26Cl2O2/c1-3-4-5-6-7-8-9-14(2)18(21)22-13-15-10-16(19)12-17(20)11-15/h10-12,14H,3-9,13H2,1-2H3. The number of hydrogen-bond donors (Lipinski definition) is 0. The second-order valence-electron chi connectivity index (χ2n) is 5.84. The van der Waals surface area contributed by atoms with Crippen LogP contribution >= 0.6 is 23.2 Å². The Balaban J connectivity index is 2.23. The monoisotopic (exact) mass is 344 g/mol. The lowest BCUT2D eigenvalue weighted by atomic mass is 10.0. The number of esters is 1. The van der Waals surface area contributed by atoms with E-state index in [-0.39, 0.29) is 18.5 Å². The van der Waals surface area contributed by atoms with E-state index in [0.29, 0.717) is 10.0 Å². The molecule has 4 heteroatoms. The maximum absolute atomic E-state index is 12.0. The summed E-state index contributed by atoms with van der Waals surface area (Å²) in [4.78, 5) is 12.0. The van der Waals surface area contributed by atoms with Crippen LogP contribution in [-0.4, -0.2) is 5.97 Å². The molecule has 0 aliphatic heterocycles. The Morgan fingerprint density at radius 2 is 1.64 bits per heavy atom. The van der Waals surface area contributed by atoms with E-state index in [0.717, 1.165) is 18.4 Å². The molecule has 1 unspecified atom stereocenters. The minimum absolute atomic E-state index is 0.0548. The van der Waals surface area contributed by atoms with E-state index in [1.165, 1.54) is 32.1 Å². The van der Waals surface area contributed by atoms with Crippen molar-refractivity contribution in [3.8, 4) is 0 Å². The van der Waals surface area contributed by atoms with Gasteiger partial charge in [0.1, 0.15) is 6.61 Å². The highest BCUT2D eigenvalue weighted by molar-refractivity contribution is 6.34. The largest absolute Gasteiger partial charge is 0.461 e. The van der Waals surface area contributed by atoms with Crippen LogP contribution in [0.2, 0.25) is 10.0 Å². The molecule has 0 radical (unpaired) electrons. The highest BCUT2D eigenvalue weighted by atomic mass is 35.5. The minimum Gasteiger partial charge on any atom is -0.461 e. The lowest BCUT2D eigenvalue weighted by molar-refractivity contribution is -0.149. The number of hydrogen-bond acceptors (Lipinski definition) is 2. The van der Waals surface area contributed by atoms with Crippen molar-refractivity contribution in [3.63, 3.8) is 0 Å². The number of unbranched alkanes of at least 4 members (excludes halogenated alkanes) is 5. The van der Waals surface area contributed by atoms with E-state index in [1.54, 1.807) is 18.2 Å². The quantitative estimate of drug-likeness (QED) is 0.361. The van der Waals surface area contributed by atoms with Gasteiger partial charge in [0.2, 0.25) is 0 Å². The van der Waals surface area contributed by atoms with Gasteiger partial charge in [-0.15, -0.1) is 0 Å². The topological polar surface area (TPSA) is 26.3 Å². The highest BCUT2D eigenvalue weighted by Gasteiger charge is 2.14. The lowest BCUT2D eigenvalue weighted by Gasteiger charge is -2.12. The third kappa shape index (κ3) is 8.05. The van der Waals surface area contributed by atoms with Gasteiger partial charge < -0.3 is 4.74 Å². The third-order valence-corrected chi connectivity index (χ3v) is 4.13. The van der Waals surface area contributed by atoms with Crippen LogP contribution < -0.4 is 0 Å². The van der Waals surface area contributed by atoms with E-state index >= 15 is 0 Å². The second kappa shape index (κ2) is 10.9. The molecule has 0 amide bonds. The van der Waals surface area contributed by atoms with Crippen molar-refractivity contribution >= 4 is 29.2 Å². The van der Waals surface area contributed by atoms with Crippen LogP contribution in [0.1, 0.15) is 64.4 Å². The predicted molar refractivity (Wildman–Crippen MR) is 93.4 cm³/mol. The summed E-state index contributed by atoms with van der Waals surface area (Å²) in [6.45, 7) is 4.37. The van der Waals surface area contributed by atoms with Crippen LogP contribution in [0.4, 0.5) is 0 Å². The summed E-state index contributed by atoms with van der Waals surface area (Å²) >= 11 is 11.8. The van der Waals surface area contributed by atoms with Gasteiger partial charge in [0.15, 0.2) is 0 Å². The molecule has 22 heavy (non-hydrogen) atoms. The lowest BCUT2D eigenvalue weighted by Crippen LogP contribution is -2.14. The zero-order valence-electron chi connectivity index (χ0n) is 13.5. The summed E-state index contributed by atoms with van der Waals surface area (Å²) < 4.78 is 5.34. The number of rotatable bonds is 10. The van der Waals surface area contributed by atoms with E-state index in [2.05, 4.69) is 6.92 Å². The molecule has 1 aromatic carbocycles. The van der Waals surface area contributed by atoms with Gasteiger partial charge in [-0.05, 0) is 30.2 Å². The average Bonchev–Trinajstić information content (AvgIpc) is 2.47. The van der Waals surface area contributed by atoms with Crippen LogP contribution in [0, 0.1) is 5.92 Å². The number of carbonyl (C=O) groups is 1. The minimum atomic E-state index is -0.148. The molecule has 0 N–H and O–H groups in total. The van der Waals surface area contributed by atoms with Gasteiger partial charge in [0, 0.05) is 10.0 Å². The zero-order valence-corrected chi connectivity index (χ0v) is 15.1. The van der Waals surface area contributed by atoms with Crippen molar-refractivity contribution in [1.29, 1.82) is 0 Å². The summed E-state index contributed by atoms with van der Waals surface area (Å²) in [6.07, 6.45) is 8.29. The fourth-order valence-electron chi connectivity index (χ4n) is 2.34. The third-order valence-electron chi connectivity index (χ3n) is 3.70. The van der Waals surface area contributed by atoms with Crippen LogP contribution in [0.3, 0.4) is 0 Å². The van der Waals surface area contributed by atoms with Crippen molar-refractivity contribution < 1.29 is 9.53 Å². The number of halogens is 2. The second-order valence-corrected chi connectivity index (χ2v) is 6.72. The molecular formula is C18H26Cl2O2. The Kier molecular flexibility index (Phi) is 9.58. The first-order valence-electron chi connectivity index (χ1n) is 8.14. The van der Waals surface area contributed by atoms with Crippen molar-refractivity contribution in [2.45, 2.75) is 65.4 Å². The fourth-order valence-corrected chi connectivity index (χ4v) is 2.91. The van der Waals surface area contributed by atoms with E-state index in [9.17, 15) is 4.79 Å². The Bertz CT molecular complexity index is 440. The molecule has 0 aromatic heterocycles. The first-order valence-corrected chi connectivity index (χ1v) is 8.90. The Hall–Kier alpha value is -0.730. The van der Waals surface area contributed by atoms with Crippen LogP contribution in [0.15, 0.2) is 18.2 Å². The molecule has 1 atom stereocenters. The van der Waals surface area contributed by atoms with E-state index in [1.807, 2.05) is 6.92 Å². The molecule has 1 rings (SSSR count). The Morgan fingerprint density at radius 3 is 2.27 bits per heavy atom. The highest BCUT2D eigenvalue weighted by Crippen LogP contribution is 2.20. The van der Waals surface area contributed by atoms with Crippen molar-refractivity contribution in [1.82, 2.24) is 0 Å². The van der Waals surface area contributed by atoms with E-state index in [4.69, 9.17) is 27.9 Å². The Morgan fingerprint density at radius 1 is 1.05 bits per heavy atom. The molecule has 0 saturated carbocycles. The van der Waals surface area contributed by atoms with Gasteiger partial charge in [-0.1, -0.05) is 75.6 Å². The maximum Gasteiger partial charge on any atom is 0.308 e. The normalized spacial score (nSPS) is 12.2. The molecule has 0 aliphatic carbocycles. The van der Waals surface area contributed by atoms with Gasteiger partial charge in [-0.2, -0.15) is 0 Å². The van der Waals surface area contributed by atoms with Crippen LogP contribution in [0.25, 0.3) is 0 Å². The van der Waals surface area contributed by atoms with Crippen molar-refractivity contribution in [3.05, 3.63) is 33.8 Å². The summed E-state index contributed by atoms with van der Waals surface area (Å²) in [6, 6.07) is 5.19. The van der Waals surface area contributed by atoms with Crippen molar-refractivity contribution in [2.24, 2.45) is 5.92 Å². The zero-order chi connectivity index (χ0) is 16.4. The molecule has 0 fully saturated rings. The maximum atomic E-state index is 12.0. The molecule has 0 heterocycles. The SMILES string of the molecule is CCCCCCCCC(C)C(=O)OCc1cc(Cl)cc(Cl)c1. The summed E-state index contributed by atoms with van der Waals surface area (Å²) in [7, 11) is 0. The predicted octanol–water partition coefficient (Wildman–Crippen LogP) is 6.42. The first-order chi connectivity index (χ1) is 10.5. The number of benzene rings is 1. The van der Waals surface area contributed by atoms with Gasteiger partial charge in [-0.3, -0.25) is 4.79 Å². The van der Waals surface area contributed by atoms with Crippen LogP contribution in [-0.2, 0) is 16.1 Å². The van der Waals surface area contributed by atoms with E-state index < -0.39 is 0 Å². The fraction of sp³-hybridized carbons (Fsp3) is 0.611. The first kappa shape index (κ1) is 19.3. The smallest absolute Gasteiger partial charge is 0.308 e. The summed E-state index contributed by atoms with van der Waals surface area (Å²) in [5, 5.41) is 1.11. The Labute approximate surface area is 144 Å². The van der Waals surface area contributed by atoms with Gasteiger partial charge in [-0.25, -0.2) is 0 Å². The summed E-state index contributed by atoms with van der Waals surface area (Å²) in [5.74, 6) is -0.203. The number of ether oxygens (including phenoxy) is 1. The molecular weight excluding hydrogens is 319 g/mol. The molecule has 0 aliphatic rings. The average molecular weight is 345 g/mol. The molecule has 0 bridgehead atoms. The molecule has 0 spiro atoms. The van der Waals surface area contributed by atoms with Crippen LogP contribution in [0.5, 0.6) is 0 Å². The molecule has 2 nitrogen and oxygen atoms in total. The van der Waals surface area contributed by atoms with Gasteiger partial charge >= 0.3 is 5.97 Å². The molecule has 0 saturated heterocycles. The summed E-state index contributed by atoms with van der Waals surface area (Å²) in [5.41, 5.74) is 0.817. The number of carbonyl (C=O) groups excluding carboxylic acids is 1. The molecule has 124 valence electrons.